The molecule has 0 aliphatic heterocycles. The van der Waals surface area contributed by atoms with E-state index < -0.39 is 0 Å². The molecule has 2 nitrogen and oxygen atoms in total. The zero-order chi connectivity index (χ0) is 12.0. The second-order valence-electron chi connectivity index (χ2n) is 4.30. The lowest BCUT2D eigenvalue weighted by molar-refractivity contribution is 0.251. The van der Waals surface area contributed by atoms with Gasteiger partial charge in [0.1, 0.15) is 5.82 Å². The van der Waals surface area contributed by atoms with Gasteiger partial charge in [0, 0.05) is 6.21 Å². The van der Waals surface area contributed by atoms with Crippen LogP contribution in [0.25, 0.3) is 0 Å². The number of aliphatic hydroxyl groups excluding tert-OH is 1. The fourth-order valence-electron chi connectivity index (χ4n) is 1.47. The number of aliphatic hydroxyl groups is 1. The highest BCUT2D eigenvalue weighted by atomic mass is 19.1. The minimum absolute atomic E-state index is 0.0515. The molecule has 0 aromatic heterocycles. The van der Waals surface area contributed by atoms with Gasteiger partial charge < -0.3 is 5.11 Å². The van der Waals surface area contributed by atoms with Crippen molar-refractivity contribution in [2.24, 2.45) is 10.9 Å². The maximum absolute atomic E-state index is 12.6. The van der Waals surface area contributed by atoms with Gasteiger partial charge in [0.25, 0.3) is 0 Å². The molecule has 1 rings (SSSR count). The van der Waals surface area contributed by atoms with Gasteiger partial charge in [0.2, 0.25) is 0 Å². The van der Waals surface area contributed by atoms with Gasteiger partial charge in [-0.25, -0.2) is 4.39 Å². The van der Waals surface area contributed by atoms with E-state index in [9.17, 15) is 4.39 Å². The van der Waals surface area contributed by atoms with Crippen LogP contribution in [0.5, 0.6) is 0 Å². The summed E-state index contributed by atoms with van der Waals surface area (Å²) in [4.78, 5) is 4.28. The molecule has 1 atom stereocenters. The molecular weight excluding hydrogens is 205 g/mol. The molecule has 3 heteroatoms. The zero-order valence-corrected chi connectivity index (χ0v) is 9.73. The van der Waals surface area contributed by atoms with Gasteiger partial charge in [-0.15, -0.1) is 0 Å². The first-order valence-corrected chi connectivity index (χ1v) is 5.51. The lowest BCUT2D eigenvalue weighted by Gasteiger charge is -2.11. The van der Waals surface area contributed by atoms with Crippen LogP contribution in [-0.4, -0.2) is 24.0 Å². The van der Waals surface area contributed by atoms with Crippen molar-refractivity contribution >= 4 is 6.21 Å². The van der Waals surface area contributed by atoms with Gasteiger partial charge in [-0.05, 0) is 30.0 Å². The minimum Gasteiger partial charge on any atom is -0.394 e. The summed E-state index contributed by atoms with van der Waals surface area (Å²) in [7, 11) is 0. The van der Waals surface area contributed by atoms with Gasteiger partial charge in [-0.1, -0.05) is 26.0 Å². The van der Waals surface area contributed by atoms with Crippen LogP contribution in [0.3, 0.4) is 0 Å². The highest BCUT2D eigenvalue weighted by Crippen LogP contribution is 2.08. The van der Waals surface area contributed by atoms with Crippen LogP contribution in [0, 0.1) is 11.7 Å². The molecule has 0 aliphatic rings. The number of aliphatic imine (C=N–C) groups is 1. The summed E-state index contributed by atoms with van der Waals surface area (Å²) in [5, 5.41) is 9.12. The van der Waals surface area contributed by atoms with Gasteiger partial charge in [-0.2, -0.15) is 0 Å². The Bertz CT molecular complexity index is 332. The molecule has 0 amide bonds. The highest BCUT2D eigenvalue weighted by Gasteiger charge is 2.06. The topological polar surface area (TPSA) is 32.6 Å². The number of rotatable bonds is 5. The maximum Gasteiger partial charge on any atom is 0.123 e. The first-order valence-electron chi connectivity index (χ1n) is 5.51. The van der Waals surface area contributed by atoms with E-state index in [-0.39, 0.29) is 18.5 Å². The molecule has 16 heavy (non-hydrogen) atoms. The zero-order valence-electron chi connectivity index (χ0n) is 9.73. The number of halogens is 1. The van der Waals surface area contributed by atoms with Gasteiger partial charge in [-0.3, -0.25) is 4.99 Å². The molecule has 88 valence electrons. The first-order chi connectivity index (χ1) is 7.61. The normalized spacial score (nSPS) is 13.6. The predicted octanol–water partition coefficient (Wildman–Crippen LogP) is 2.65. The van der Waals surface area contributed by atoms with Crippen molar-refractivity contribution < 1.29 is 9.50 Å². The summed E-state index contributed by atoms with van der Waals surface area (Å²) < 4.78 is 12.6. The molecule has 0 unspecified atom stereocenters. The lowest BCUT2D eigenvalue weighted by atomic mass is 10.1. The van der Waals surface area contributed by atoms with Crippen molar-refractivity contribution in [1.82, 2.24) is 0 Å². The van der Waals surface area contributed by atoms with Crippen LogP contribution in [0.15, 0.2) is 29.3 Å². The Morgan fingerprint density at radius 2 is 1.94 bits per heavy atom. The van der Waals surface area contributed by atoms with Gasteiger partial charge in [0.05, 0.1) is 12.6 Å². The monoisotopic (exact) mass is 223 g/mol. The van der Waals surface area contributed by atoms with Crippen LogP contribution in [0.4, 0.5) is 4.39 Å². The third kappa shape index (κ3) is 4.53. The number of hydrogen-bond acceptors (Lipinski definition) is 2. The number of benzene rings is 1. The molecule has 0 spiro atoms. The highest BCUT2D eigenvalue weighted by molar-refractivity contribution is 5.79. The molecule has 0 aliphatic carbocycles. The molecule has 0 radical (unpaired) electrons. The Labute approximate surface area is 95.8 Å². The SMILES string of the molecule is CC(C)C[C@@H](CO)N=Cc1ccc(F)cc1. The van der Waals surface area contributed by atoms with Crippen molar-refractivity contribution in [1.29, 1.82) is 0 Å². The van der Waals surface area contributed by atoms with Crippen molar-refractivity contribution in [2.45, 2.75) is 26.3 Å². The minimum atomic E-state index is -0.252. The second kappa shape index (κ2) is 6.38. The number of hydrogen-bond donors (Lipinski definition) is 1. The standard InChI is InChI=1S/C13H18FNO/c1-10(2)7-13(9-16)15-8-11-3-5-12(14)6-4-11/h3-6,8,10,13,16H,7,9H2,1-2H3/t13-/m0/s1. The summed E-state index contributed by atoms with van der Waals surface area (Å²) in [6, 6.07) is 6.07. The quantitative estimate of drug-likeness (QED) is 0.765. The van der Waals surface area contributed by atoms with Crippen molar-refractivity contribution in [3.05, 3.63) is 35.6 Å². The van der Waals surface area contributed by atoms with Crippen LogP contribution < -0.4 is 0 Å². The fourth-order valence-corrected chi connectivity index (χ4v) is 1.47. The average molecular weight is 223 g/mol. The van der Waals surface area contributed by atoms with E-state index in [1.165, 1.54) is 12.1 Å². The van der Waals surface area contributed by atoms with Gasteiger partial charge >= 0.3 is 0 Å². The predicted molar refractivity (Wildman–Crippen MR) is 64.3 cm³/mol. The molecule has 1 N–H and O–H groups in total. The van der Waals surface area contributed by atoms with Crippen LogP contribution >= 0.6 is 0 Å². The van der Waals surface area contributed by atoms with Crippen molar-refractivity contribution in [3.8, 4) is 0 Å². The van der Waals surface area contributed by atoms with E-state index in [4.69, 9.17) is 5.11 Å². The van der Waals surface area contributed by atoms with Gasteiger partial charge in [0.15, 0.2) is 0 Å². The van der Waals surface area contributed by atoms with E-state index in [1.54, 1.807) is 18.3 Å². The summed E-state index contributed by atoms with van der Waals surface area (Å²) in [6.45, 7) is 4.24. The lowest BCUT2D eigenvalue weighted by Crippen LogP contribution is -2.13. The Hall–Kier alpha value is -1.22. The van der Waals surface area contributed by atoms with Crippen molar-refractivity contribution in [2.75, 3.05) is 6.61 Å². The molecule has 0 heterocycles. The third-order valence-corrected chi connectivity index (χ3v) is 2.26. The van der Waals surface area contributed by atoms with E-state index in [1.807, 2.05) is 0 Å². The van der Waals surface area contributed by atoms with Crippen molar-refractivity contribution in [3.63, 3.8) is 0 Å². The molecular formula is C13H18FNO. The summed E-state index contributed by atoms with van der Waals surface area (Å²) in [6.07, 6.45) is 2.54. The smallest absolute Gasteiger partial charge is 0.123 e. The summed E-state index contributed by atoms with van der Waals surface area (Å²) in [5.74, 6) is 0.251. The van der Waals surface area contributed by atoms with E-state index in [0.29, 0.717) is 5.92 Å². The second-order valence-corrected chi connectivity index (χ2v) is 4.30. The van der Waals surface area contributed by atoms with Crippen LogP contribution in [0.1, 0.15) is 25.8 Å². The van der Waals surface area contributed by atoms with Crippen LogP contribution in [-0.2, 0) is 0 Å². The number of nitrogens with zero attached hydrogens (tertiary/aromatic N) is 1. The van der Waals surface area contributed by atoms with Crippen LogP contribution in [0.2, 0.25) is 0 Å². The van der Waals surface area contributed by atoms with E-state index in [0.717, 1.165) is 12.0 Å². The Balaban J connectivity index is 2.60. The molecule has 0 saturated carbocycles. The summed E-state index contributed by atoms with van der Waals surface area (Å²) in [5.41, 5.74) is 0.851. The molecule has 0 bridgehead atoms. The Morgan fingerprint density at radius 3 is 2.44 bits per heavy atom. The molecule has 0 fully saturated rings. The molecule has 1 aromatic carbocycles. The Morgan fingerprint density at radius 1 is 1.31 bits per heavy atom. The Kier molecular flexibility index (Phi) is 5.12. The average Bonchev–Trinajstić information content (AvgIpc) is 2.26. The first kappa shape index (κ1) is 12.8. The maximum atomic E-state index is 12.6. The van der Waals surface area contributed by atoms with E-state index >= 15 is 0 Å². The fraction of sp³-hybridized carbons (Fsp3) is 0.462. The molecule has 1 aromatic rings. The molecule has 0 saturated heterocycles. The van der Waals surface area contributed by atoms with E-state index in [2.05, 4.69) is 18.8 Å². The summed E-state index contributed by atoms with van der Waals surface area (Å²) >= 11 is 0. The largest absolute Gasteiger partial charge is 0.394 e. The third-order valence-electron chi connectivity index (χ3n) is 2.26.